The predicted molar refractivity (Wildman–Crippen MR) is 83.0 cm³/mol. The lowest BCUT2D eigenvalue weighted by molar-refractivity contribution is 0.0696. The molecule has 114 valence electrons. The van der Waals surface area contributed by atoms with Gasteiger partial charge in [-0.15, -0.1) is 0 Å². The molecule has 22 heavy (non-hydrogen) atoms. The standard InChI is InChI=1S/C17H18N2O3/c20-11-17(13-4-2-1-3-5-13)8-14(9-17)19-15-7-6-12(10-18-15)16(21)22/h1-7,10,14,20H,8-9,11H2,(H,18,19)(H,21,22). The fraction of sp³-hybridized carbons (Fsp3) is 0.294. The monoisotopic (exact) mass is 298 g/mol. The number of aromatic nitrogens is 1. The van der Waals surface area contributed by atoms with Crippen LogP contribution < -0.4 is 5.32 Å². The molecular weight excluding hydrogens is 280 g/mol. The number of aliphatic hydroxyl groups is 1. The van der Waals surface area contributed by atoms with Gasteiger partial charge in [0.25, 0.3) is 0 Å². The van der Waals surface area contributed by atoms with Crippen LogP contribution >= 0.6 is 0 Å². The summed E-state index contributed by atoms with van der Waals surface area (Å²) in [7, 11) is 0. The number of benzene rings is 1. The Labute approximate surface area is 128 Å². The third-order valence-electron chi connectivity index (χ3n) is 4.33. The second-order valence-electron chi connectivity index (χ2n) is 5.79. The highest BCUT2D eigenvalue weighted by molar-refractivity contribution is 5.87. The maximum Gasteiger partial charge on any atom is 0.337 e. The molecule has 2 aromatic rings. The highest BCUT2D eigenvalue weighted by Gasteiger charge is 2.45. The lowest BCUT2D eigenvalue weighted by Gasteiger charge is -2.47. The minimum absolute atomic E-state index is 0.126. The van der Waals surface area contributed by atoms with Crippen LogP contribution in [0, 0.1) is 0 Å². The average molecular weight is 298 g/mol. The maximum atomic E-state index is 10.8. The van der Waals surface area contributed by atoms with Crippen LogP contribution in [0.25, 0.3) is 0 Å². The fourth-order valence-corrected chi connectivity index (χ4v) is 3.05. The van der Waals surface area contributed by atoms with Gasteiger partial charge in [-0.3, -0.25) is 0 Å². The Morgan fingerprint density at radius 3 is 2.50 bits per heavy atom. The highest BCUT2D eigenvalue weighted by atomic mass is 16.4. The van der Waals surface area contributed by atoms with Crippen molar-refractivity contribution in [2.24, 2.45) is 0 Å². The van der Waals surface area contributed by atoms with Crippen LogP contribution in [0.4, 0.5) is 5.82 Å². The average Bonchev–Trinajstić information content (AvgIpc) is 2.52. The maximum absolute atomic E-state index is 10.8. The van der Waals surface area contributed by atoms with Crippen molar-refractivity contribution in [3.05, 3.63) is 59.8 Å². The fourth-order valence-electron chi connectivity index (χ4n) is 3.05. The smallest absolute Gasteiger partial charge is 0.337 e. The molecule has 3 rings (SSSR count). The Hall–Kier alpha value is -2.40. The topological polar surface area (TPSA) is 82.5 Å². The van der Waals surface area contributed by atoms with E-state index in [9.17, 15) is 9.90 Å². The number of pyridine rings is 1. The molecule has 0 radical (unpaired) electrons. The molecule has 0 spiro atoms. The van der Waals surface area contributed by atoms with Gasteiger partial charge in [-0.2, -0.15) is 0 Å². The van der Waals surface area contributed by atoms with E-state index >= 15 is 0 Å². The summed E-state index contributed by atoms with van der Waals surface area (Å²) in [5.41, 5.74) is 1.15. The van der Waals surface area contributed by atoms with Crippen molar-refractivity contribution < 1.29 is 15.0 Å². The van der Waals surface area contributed by atoms with E-state index in [1.807, 2.05) is 30.3 Å². The normalized spacial score (nSPS) is 23.6. The Kier molecular flexibility index (Phi) is 3.81. The van der Waals surface area contributed by atoms with E-state index in [0.717, 1.165) is 18.4 Å². The van der Waals surface area contributed by atoms with Gasteiger partial charge in [0, 0.05) is 17.7 Å². The van der Waals surface area contributed by atoms with Crippen LogP contribution in [0.5, 0.6) is 0 Å². The third kappa shape index (κ3) is 2.67. The van der Waals surface area contributed by atoms with E-state index in [0.29, 0.717) is 5.82 Å². The summed E-state index contributed by atoms with van der Waals surface area (Å²) in [5, 5.41) is 21.9. The Bertz CT molecular complexity index is 649. The van der Waals surface area contributed by atoms with E-state index in [1.165, 1.54) is 12.3 Å². The SMILES string of the molecule is O=C(O)c1ccc(NC2CC(CO)(c3ccccc3)C2)nc1. The number of nitrogens with one attached hydrogen (secondary N) is 1. The number of carboxylic acids is 1. The minimum Gasteiger partial charge on any atom is -0.478 e. The molecule has 0 atom stereocenters. The number of carboxylic acid groups (broad SMARTS) is 1. The number of hydrogen-bond donors (Lipinski definition) is 3. The molecule has 0 saturated heterocycles. The number of rotatable bonds is 5. The van der Waals surface area contributed by atoms with Gasteiger partial charge in [0.2, 0.25) is 0 Å². The van der Waals surface area contributed by atoms with Crippen LogP contribution in [-0.4, -0.2) is 33.8 Å². The first-order valence-corrected chi connectivity index (χ1v) is 7.25. The van der Waals surface area contributed by atoms with Crippen molar-refractivity contribution in [3.8, 4) is 0 Å². The van der Waals surface area contributed by atoms with Gasteiger partial charge in [-0.05, 0) is 30.5 Å². The molecule has 1 saturated carbocycles. The van der Waals surface area contributed by atoms with Gasteiger partial charge < -0.3 is 15.5 Å². The van der Waals surface area contributed by atoms with Crippen molar-refractivity contribution in [1.82, 2.24) is 4.98 Å². The molecule has 5 heteroatoms. The second-order valence-corrected chi connectivity index (χ2v) is 5.79. The van der Waals surface area contributed by atoms with Crippen molar-refractivity contribution in [1.29, 1.82) is 0 Å². The molecule has 1 aromatic carbocycles. The number of hydrogen-bond acceptors (Lipinski definition) is 4. The van der Waals surface area contributed by atoms with Crippen LogP contribution in [0.3, 0.4) is 0 Å². The first-order chi connectivity index (χ1) is 10.6. The molecule has 3 N–H and O–H groups in total. The van der Waals surface area contributed by atoms with Gasteiger partial charge in [0.05, 0.1) is 12.2 Å². The summed E-state index contributed by atoms with van der Waals surface area (Å²) in [6, 6.07) is 13.5. The Morgan fingerprint density at radius 2 is 1.95 bits per heavy atom. The molecule has 0 unspecified atom stereocenters. The van der Waals surface area contributed by atoms with Gasteiger partial charge in [-0.25, -0.2) is 9.78 Å². The molecule has 0 aliphatic heterocycles. The van der Waals surface area contributed by atoms with Crippen LogP contribution in [0.1, 0.15) is 28.8 Å². The van der Waals surface area contributed by atoms with E-state index in [4.69, 9.17) is 5.11 Å². The first-order valence-electron chi connectivity index (χ1n) is 7.25. The van der Waals surface area contributed by atoms with E-state index in [-0.39, 0.29) is 23.6 Å². The van der Waals surface area contributed by atoms with Gasteiger partial charge in [-0.1, -0.05) is 30.3 Å². The van der Waals surface area contributed by atoms with E-state index in [1.54, 1.807) is 6.07 Å². The zero-order chi connectivity index (χ0) is 15.6. The van der Waals surface area contributed by atoms with Crippen LogP contribution in [0.15, 0.2) is 48.7 Å². The third-order valence-corrected chi connectivity index (χ3v) is 4.33. The molecule has 0 amide bonds. The van der Waals surface area contributed by atoms with Crippen molar-refractivity contribution >= 4 is 11.8 Å². The lowest BCUT2D eigenvalue weighted by atomic mass is 9.62. The summed E-state index contributed by atoms with van der Waals surface area (Å²) in [4.78, 5) is 14.9. The molecule has 1 fully saturated rings. The predicted octanol–water partition coefficient (Wildman–Crippen LogP) is 2.28. The summed E-state index contributed by atoms with van der Waals surface area (Å²) < 4.78 is 0. The Balaban J connectivity index is 1.64. The Morgan fingerprint density at radius 1 is 1.23 bits per heavy atom. The molecule has 0 bridgehead atoms. The largest absolute Gasteiger partial charge is 0.478 e. The van der Waals surface area contributed by atoms with E-state index in [2.05, 4.69) is 10.3 Å². The van der Waals surface area contributed by atoms with Crippen molar-refractivity contribution in [3.63, 3.8) is 0 Å². The van der Waals surface area contributed by atoms with Gasteiger partial charge >= 0.3 is 5.97 Å². The number of carbonyl (C=O) groups is 1. The highest BCUT2D eigenvalue weighted by Crippen LogP contribution is 2.44. The number of nitrogens with zero attached hydrogens (tertiary/aromatic N) is 1. The molecule has 5 nitrogen and oxygen atoms in total. The van der Waals surface area contributed by atoms with E-state index < -0.39 is 5.97 Å². The first kappa shape index (κ1) is 14.5. The molecule has 1 aliphatic rings. The molecule has 1 heterocycles. The van der Waals surface area contributed by atoms with Crippen LogP contribution in [-0.2, 0) is 5.41 Å². The van der Waals surface area contributed by atoms with Crippen LogP contribution in [0.2, 0.25) is 0 Å². The van der Waals surface area contributed by atoms with Gasteiger partial charge in [0.1, 0.15) is 5.82 Å². The number of aromatic carboxylic acids is 1. The molecule has 1 aromatic heterocycles. The summed E-state index contributed by atoms with van der Waals surface area (Å²) in [6.07, 6.45) is 3.01. The minimum atomic E-state index is -0.980. The molecular formula is C17H18N2O3. The number of anilines is 1. The number of aliphatic hydroxyl groups excluding tert-OH is 1. The second kappa shape index (κ2) is 5.77. The van der Waals surface area contributed by atoms with Crippen molar-refractivity contribution in [2.45, 2.75) is 24.3 Å². The zero-order valence-corrected chi connectivity index (χ0v) is 12.1. The quantitative estimate of drug-likeness (QED) is 0.789. The zero-order valence-electron chi connectivity index (χ0n) is 12.1. The summed E-state index contributed by atoms with van der Waals surface area (Å²) >= 11 is 0. The van der Waals surface area contributed by atoms with Crippen molar-refractivity contribution in [2.75, 3.05) is 11.9 Å². The summed E-state index contributed by atoms with van der Waals surface area (Å²) in [5.74, 6) is -0.319. The summed E-state index contributed by atoms with van der Waals surface area (Å²) in [6.45, 7) is 0.126. The lowest BCUT2D eigenvalue weighted by Crippen LogP contribution is -2.50. The molecule has 1 aliphatic carbocycles. The van der Waals surface area contributed by atoms with Gasteiger partial charge in [0.15, 0.2) is 0 Å².